The van der Waals surface area contributed by atoms with Crippen LogP contribution in [0, 0.1) is 11.8 Å². The van der Waals surface area contributed by atoms with E-state index in [2.05, 4.69) is 4.98 Å². The lowest BCUT2D eigenvalue weighted by Crippen LogP contribution is -2.22. The number of carboxylic acid groups (broad SMARTS) is 1. The lowest BCUT2D eigenvalue weighted by Gasteiger charge is -2.15. The fraction of sp³-hybridized carbons (Fsp3) is 0.571. The number of ether oxygens (including phenoxy) is 1. The van der Waals surface area contributed by atoms with Crippen LogP contribution in [0.2, 0.25) is 0 Å². The predicted octanol–water partition coefficient (Wildman–Crippen LogP) is 2.94. The number of hydrogen-bond donors (Lipinski definition) is 1. The maximum absolute atomic E-state index is 11.0. The van der Waals surface area contributed by atoms with Gasteiger partial charge in [0, 0.05) is 11.9 Å². The molecule has 0 aliphatic carbocycles. The zero-order valence-electron chi connectivity index (χ0n) is 11.4. The molecule has 0 bridgehead atoms. The molecule has 106 valence electrons. The molecule has 0 spiro atoms. The van der Waals surface area contributed by atoms with Gasteiger partial charge in [0.15, 0.2) is 0 Å². The second-order valence-electron chi connectivity index (χ2n) is 4.65. The van der Waals surface area contributed by atoms with Gasteiger partial charge in [-0.2, -0.15) is 11.8 Å². The van der Waals surface area contributed by atoms with Crippen molar-refractivity contribution in [3.05, 3.63) is 24.5 Å². The number of aromatic nitrogens is 1. The van der Waals surface area contributed by atoms with E-state index in [-0.39, 0.29) is 11.8 Å². The number of rotatable bonds is 9. The standard InChI is InChI=1S/C14H21NO3S/c1-11(2)13(14(16)17)10-19-8-4-7-18-12-5-3-6-15-9-12/h3,5-6,9,11,13H,4,7-8,10H2,1-2H3,(H,16,17). The molecule has 1 heterocycles. The normalized spacial score (nSPS) is 12.4. The highest BCUT2D eigenvalue weighted by Gasteiger charge is 2.20. The zero-order valence-corrected chi connectivity index (χ0v) is 12.2. The topological polar surface area (TPSA) is 59.4 Å². The average molecular weight is 283 g/mol. The number of aliphatic carboxylic acids is 1. The molecule has 1 aromatic heterocycles. The lowest BCUT2D eigenvalue weighted by molar-refractivity contribution is -0.142. The minimum atomic E-state index is -0.700. The molecule has 1 N–H and O–H groups in total. The number of thioether (sulfide) groups is 1. The monoisotopic (exact) mass is 283 g/mol. The number of carboxylic acids is 1. The van der Waals surface area contributed by atoms with Crippen molar-refractivity contribution in [1.82, 2.24) is 4.98 Å². The Morgan fingerprint density at radius 1 is 1.53 bits per heavy atom. The van der Waals surface area contributed by atoms with Crippen molar-refractivity contribution in [2.24, 2.45) is 11.8 Å². The highest BCUT2D eigenvalue weighted by atomic mass is 32.2. The van der Waals surface area contributed by atoms with Crippen LogP contribution in [0.15, 0.2) is 24.5 Å². The largest absolute Gasteiger partial charge is 0.492 e. The van der Waals surface area contributed by atoms with Gasteiger partial charge in [-0.25, -0.2) is 0 Å². The summed E-state index contributed by atoms with van der Waals surface area (Å²) in [6.07, 6.45) is 4.30. The first-order valence-corrected chi connectivity index (χ1v) is 7.60. The van der Waals surface area contributed by atoms with Gasteiger partial charge in [-0.15, -0.1) is 0 Å². The Hall–Kier alpha value is -1.23. The summed E-state index contributed by atoms with van der Waals surface area (Å²) in [5.41, 5.74) is 0. The smallest absolute Gasteiger partial charge is 0.307 e. The Bertz CT molecular complexity index is 370. The van der Waals surface area contributed by atoms with Crippen molar-refractivity contribution in [3.63, 3.8) is 0 Å². The summed E-state index contributed by atoms with van der Waals surface area (Å²) >= 11 is 1.68. The molecule has 0 aliphatic heterocycles. The van der Waals surface area contributed by atoms with Gasteiger partial charge in [-0.05, 0) is 30.2 Å². The first-order chi connectivity index (χ1) is 9.11. The highest BCUT2D eigenvalue weighted by Crippen LogP contribution is 2.18. The minimum Gasteiger partial charge on any atom is -0.492 e. The van der Waals surface area contributed by atoms with Crippen LogP contribution in [0.1, 0.15) is 20.3 Å². The second kappa shape index (κ2) is 8.80. The molecule has 1 atom stereocenters. The molecule has 0 saturated heterocycles. The van der Waals surface area contributed by atoms with Gasteiger partial charge in [0.2, 0.25) is 0 Å². The van der Waals surface area contributed by atoms with Crippen molar-refractivity contribution in [3.8, 4) is 5.75 Å². The highest BCUT2D eigenvalue weighted by molar-refractivity contribution is 7.99. The second-order valence-corrected chi connectivity index (χ2v) is 5.80. The van der Waals surface area contributed by atoms with Crippen molar-refractivity contribution < 1.29 is 14.6 Å². The Morgan fingerprint density at radius 3 is 2.89 bits per heavy atom. The van der Waals surface area contributed by atoms with Gasteiger partial charge >= 0.3 is 5.97 Å². The molecule has 0 saturated carbocycles. The van der Waals surface area contributed by atoms with Crippen molar-refractivity contribution in [2.45, 2.75) is 20.3 Å². The van der Waals surface area contributed by atoms with Gasteiger partial charge in [0.25, 0.3) is 0 Å². The van der Waals surface area contributed by atoms with Crippen LogP contribution in [0.4, 0.5) is 0 Å². The quantitative estimate of drug-likeness (QED) is 0.706. The van der Waals surface area contributed by atoms with E-state index in [4.69, 9.17) is 9.84 Å². The van der Waals surface area contributed by atoms with E-state index in [9.17, 15) is 4.79 Å². The predicted molar refractivity (Wildman–Crippen MR) is 77.6 cm³/mol. The van der Waals surface area contributed by atoms with Crippen LogP contribution in [0.25, 0.3) is 0 Å². The third kappa shape index (κ3) is 6.47. The molecule has 0 amide bonds. The summed E-state index contributed by atoms with van der Waals surface area (Å²) < 4.78 is 5.52. The Labute approximate surface area is 118 Å². The minimum absolute atomic E-state index is 0.177. The van der Waals surface area contributed by atoms with Crippen LogP contribution in [0.3, 0.4) is 0 Å². The molecule has 0 radical (unpaired) electrons. The van der Waals surface area contributed by atoms with Crippen LogP contribution in [0.5, 0.6) is 5.75 Å². The number of nitrogens with zero attached hydrogens (tertiary/aromatic N) is 1. The molecule has 0 fully saturated rings. The molecule has 1 aromatic rings. The number of carbonyl (C=O) groups is 1. The third-order valence-electron chi connectivity index (χ3n) is 2.76. The number of hydrogen-bond acceptors (Lipinski definition) is 4. The molecule has 1 rings (SSSR count). The summed E-state index contributed by atoms with van der Waals surface area (Å²) in [5, 5.41) is 9.05. The fourth-order valence-electron chi connectivity index (χ4n) is 1.54. The maximum Gasteiger partial charge on any atom is 0.307 e. The maximum atomic E-state index is 11.0. The van der Waals surface area contributed by atoms with Crippen LogP contribution >= 0.6 is 11.8 Å². The lowest BCUT2D eigenvalue weighted by atomic mass is 9.98. The van der Waals surface area contributed by atoms with Crippen LogP contribution in [-0.4, -0.2) is 34.2 Å². The SMILES string of the molecule is CC(C)C(CSCCCOc1cccnc1)C(=O)O. The first kappa shape index (κ1) is 15.8. The molecule has 19 heavy (non-hydrogen) atoms. The molecular formula is C14H21NO3S. The summed E-state index contributed by atoms with van der Waals surface area (Å²) in [6, 6.07) is 3.71. The first-order valence-electron chi connectivity index (χ1n) is 6.44. The van der Waals surface area contributed by atoms with E-state index in [1.54, 1.807) is 24.2 Å². The van der Waals surface area contributed by atoms with Gasteiger partial charge in [0.1, 0.15) is 5.75 Å². The number of pyridine rings is 1. The molecule has 1 unspecified atom stereocenters. The summed E-state index contributed by atoms with van der Waals surface area (Å²) in [5.74, 6) is 1.57. The van der Waals surface area contributed by atoms with Gasteiger partial charge in [-0.1, -0.05) is 13.8 Å². The van der Waals surface area contributed by atoms with Gasteiger partial charge < -0.3 is 9.84 Å². The fourth-order valence-corrected chi connectivity index (χ4v) is 2.81. The Balaban J connectivity index is 2.09. The van der Waals surface area contributed by atoms with Crippen LogP contribution in [-0.2, 0) is 4.79 Å². The van der Waals surface area contributed by atoms with Crippen molar-refractivity contribution in [2.75, 3.05) is 18.1 Å². The molecule has 4 nitrogen and oxygen atoms in total. The average Bonchev–Trinajstić information content (AvgIpc) is 2.38. The van der Waals surface area contributed by atoms with E-state index in [1.165, 1.54) is 0 Å². The van der Waals surface area contributed by atoms with E-state index in [0.717, 1.165) is 17.9 Å². The van der Waals surface area contributed by atoms with E-state index < -0.39 is 5.97 Å². The van der Waals surface area contributed by atoms with E-state index in [0.29, 0.717) is 12.4 Å². The van der Waals surface area contributed by atoms with E-state index >= 15 is 0 Å². The Morgan fingerprint density at radius 2 is 2.32 bits per heavy atom. The summed E-state index contributed by atoms with van der Waals surface area (Å²) in [6.45, 7) is 4.54. The zero-order chi connectivity index (χ0) is 14.1. The van der Waals surface area contributed by atoms with Gasteiger partial charge in [0.05, 0.1) is 18.7 Å². The van der Waals surface area contributed by atoms with E-state index in [1.807, 2.05) is 26.0 Å². The summed E-state index contributed by atoms with van der Waals surface area (Å²) in [4.78, 5) is 15.0. The molecular weight excluding hydrogens is 262 g/mol. The van der Waals surface area contributed by atoms with Crippen molar-refractivity contribution >= 4 is 17.7 Å². The van der Waals surface area contributed by atoms with Gasteiger partial charge in [-0.3, -0.25) is 9.78 Å². The van der Waals surface area contributed by atoms with Crippen LogP contribution < -0.4 is 4.74 Å². The molecule has 0 aromatic carbocycles. The molecule has 0 aliphatic rings. The molecule has 5 heteroatoms. The summed E-state index contributed by atoms with van der Waals surface area (Å²) in [7, 11) is 0. The van der Waals surface area contributed by atoms with Crippen molar-refractivity contribution in [1.29, 1.82) is 0 Å². The third-order valence-corrected chi connectivity index (χ3v) is 3.93. The Kier molecular flexibility index (Phi) is 7.33.